The summed E-state index contributed by atoms with van der Waals surface area (Å²) in [6.07, 6.45) is 5.21. The largest absolute Gasteiger partial charge is 0.316 e. The molecule has 0 radical (unpaired) electrons. The highest BCUT2D eigenvalue weighted by Crippen LogP contribution is 2.25. The Labute approximate surface area is 99.9 Å². The molecule has 0 aromatic rings. The first-order valence-corrected chi connectivity index (χ1v) is 8.07. The van der Waals surface area contributed by atoms with E-state index >= 15 is 0 Å². The maximum absolute atomic E-state index is 12.3. The van der Waals surface area contributed by atoms with Crippen LogP contribution in [0.3, 0.4) is 0 Å². The quantitative estimate of drug-likeness (QED) is 0.773. The highest BCUT2D eigenvalue weighted by molar-refractivity contribution is 7.92. The van der Waals surface area contributed by atoms with E-state index in [1.54, 1.807) is 0 Å². The van der Waals surface area contributed by atoms with Crippen LogP contribution in [0.1, 0.15) is 46.0 Å². The summed E-state index contributed by atoms with van der Waals surface area (Å²) in [5.74, 6) is 0.557. The van der Waals surface area contributed by atoms with Crippen molar-refractivity contribution in [2.24, 2.45) is 5.92 Å². The number of rotatable bonds is 4. The molecule has 0 aromatic carbocycles. The molecule has 3 nitrogen and oxygen atoms in total. The maximum Gasteiger partial charge on any atom is 0.154 e. The van der Waals surface area contributed by atoms with E-state index in [0.717, 1.165) is 25.7 Å². The molecule has 0 aromatic heterocycles. The van der Waals surface area contributed by atoms with Gasteiger partial charge in [0.15, 0.2) is 9.84 Å². The SMILES string of the molecule is CNC1CCCCCC1S(=O)(=O)CC(C)C. The third kappa shape index (κ3) is 3.74. The van der Waals surface area contributed by atoms with Gasteiger partial charge >= 0.3 is 0 Å². The van der Waals surface area contributed by atoms with Gasteiger partial charge in [-0.2, -0.15) is 0 Å². The lowest BCUT2D eigenvalue weighted by Gasteiger charge is -2.25. The molecule has 1 N–H and O–H groups in total. The molecule has 1 rings (SSSR count). The molecule has 1 fully saturated rings. The van der Waals surface area contributed by atoms with Gasteiger partial charge in [0, 0.05) is 6.04 Å². The van der Waals surface area contributed by atoms with Crippen molar-refractivity contribution < 1.29 is 8.42 Å². The molecular formula is C12H25NO2S. The lowest BCUT2D eigenvalue weighted by atomic mass is 10.1. The van der Waals surface area contributed by atoms with Crippen LogP contribution < -0.4 is 5.32 Å². The van der Waals surface area contributed by atoms with E-state index in [0.29, 0.717) is 5.75 Å². The van der Waals surface area contributed by atoms with Crippen LogP contribution in [0, 0.1) is 5.92 Å². The summed E-state index contributed by atoms with van der Waals surface area (Å²) in [5.41, 5.74) is 0. The van der Waals surface area contributed by atoms with Gasteiger partial charge in [0.05, 0.1) is 11.0 Å². The van der Waals surface area contributed by atoms with Crippen LogP contribution in [0.4, 0.5) is 0 Å². The summed E-state index contributed by atoms with van der Waals surface area (Å²) in [4.78, 5) is 0. The standard InChI is InChI=1S/C12H25NO2S/c1-10(2)9-16(14,15)12-8-6-4-5-7-11(12)13-3/h10-13H,4-9H2,1-3H3. The summed E-state index contributed by atoms with van der Waals surface area (Å²) >= 11 is 0. The summed E-state index contributed by atoms with van der Waals surface area (Å²) in [5, 5.41) is 3.03. The fourth-order valence-corrected chi connectivity index (χ4v) is 5.10. The Bertz CT molecular complexity index is 298. The minimum atomic E-state index is -2.93. The Balaban J connectivity index is 2.80. The molecule has 2 unspecified atom stereocenters. The zero-order valence-electron chi connectivity index (χ0n) is 10.7. The van der Waals surface area contributed by atoms with E-state index in [2.05, 4.69) is 5.32 Å². The van der Waals surface area contributed by atoms with E-state index in [1.807, 2.05) is 20.9 Å². The second-order valence-corrected chi connectivity index (χ2v) is 7.56. The lowest BCUT2D eigenvalue weighted by Crippen LogP contribution is -2.43. The van der Waals surface area contributed by atoms with E-state index < -0.39 is 9.84 Å². The number of sulfone groups is 1. The predicted molar refractivity (Wildman–Crippen MR) is 68.3 cm³/mol. The molecule has 0 saturated heterocycles. The van der Waals surface area contributed by atoms with Crippen LogP contribution >= 0.6 is 0 Å². The number of hydrogen-bond donors (Lipinski definition) is 1. The molecule has 0 bridgehead atoms. The van der Waals surface area contributed by atoms with Crippen molar-refractivity contribution in [2.45, 2.75) is 57.2 Å². The monoisotopic (exact) mass is 247 g/mol. The average molecular weight is 247 g/mol. The van der Waals surface area contributed by atoms with Gasteiger partial charge in [-0.15, -0.1) is 0 Å². The van der Waals surface area contributed by atoms with Crippen molar-refractivity contribution in [1.82, 2.24) is 5.32 Å². The zero-order chi connectivity index (χ0) is 12.2. The average Bonchev–Trinajstić information content (AvgIpc) is 2.40. The molecule has 96 valence electrons. The smallest absolute Gasteiger partial charge is 0.154 e. The van der Waals surface area contributed by atoms with Gasteiger partial charge in [0.25, 0.3) is 0 Å². The second-order valence-electron chi connectivity index (χ2n) is 5.30. The topological polar surface area (TPSA) is 46.2 Å². The Morgan fingerprint density at radius 3 is 2.38 bits per heavy atom. The molecule has 16 heavy (non-hydrogen) atoms. The molecule has 1 saturated carbocycles. The Morgan fingerprint density at radius 1 is 1.19 bits per heavy atom. The summed E-state index contributed by atoms with van der Waals surface area (Å²) < 4.78 is 24.6. The lowest BCUT2D eigenvalue weighted by molar-refractivity contribution is 0.477. The van der Waals surface area contributed by atoms with Gasteiger partial charge in [-0.05, 0) is 25.8 Å². The van der Waals surface area contributed by atoms with Crippen LogP contribution in [-0.4, -0.2) is 32.5 Å². The van der Waals surface area contributed by atoms with Crippen LogP contribution in [-0.2, 0) is 9.84 Å². The maximum atomic E-state index is 12.3. The third-order valence-corrected chi connectivity index (χ3v) is 5.97. The van der Waals surface area contributed by atoms with Crippen LogP contribution in [0.2, 0.25) is 0 Å². The van der Waals surface area contributed by atoms with Gasteiger partial charge in [0.2, 0.25) is 0 Å². The first kappa shape index (κ1) is 14.0. The van der Waals surface area contributed by atoms with Crippen molar-refractivity contribution >= 4 is 9.84 Å². The predicted octanol–water partition coefficient (Wildman–Crippen LogP) is 1.98. The Hall–Kier alpha value is -0.0900. The molecule has 0 heterocycles. The normalized spacial score (nSPS) is 28.0. The van der Waals surface area contributed by atoms with E-state index in [4.69, 9.17) is 0 Å². The molecule has 0 aliphatic heterocycles. The molecule has 4 heteroatoms. The molecular weight excluding hydrogens is 222 g/mol. The summed E-state index contributed by atoms with van der Waals surface area (Å²) in [6.45, 7) is 3.95. The van der Waals surface area contributed by atoms with E-state index in [9.17, 15) is 8.42 Å². The number of nitrogens with one attached hydrogen (secondary N) is 1. The second kappa shape index (κ2) is 6.01. The van der Waals surface area contributed by atoms with Crippen molar-refractivity contribution in [3.63, 3.8) is 0 Å². The van der Waals surface area contributed by atoms with Gasteiger partial charge < -0.3 is 5.32 Å². The zero-order valence-corrected chi connectivity index (χ0v) is 11.5. The molecule has 2 atom stereocenters. The van der Waals surface area contributed by atoms with Gasteiger partial charge in [-0.3, -0.25) is 0 Å². The van der Waals surface area contributed by atoms with Crippen molar-refractivity contribution in [3.8, 4) is 0 Å². The van der Waals surface area contributed by atoms with Gasteiger partial charge in [-0.1, -0.05) is 33.1 Å². The molecule has 1 aliphatic carbocycles. The fourth-order valence-electron chi connectivity index (χ4n) is 2.62. The van der Waals surface area contributed by atoms with Gasteiger partial charge in [-0.25, -0.2) is 8.42 Å². The van der Waals surface area contributed by atoms with E-state index in [1.165, 1.54) is 6.42 Å². The summed E-state index contributed by atoms with van der Waals surface area (Å²) in [7, 11) is -1.05. The Morgan fingerprint density at radius 2 is 1.81 bits per heavy atom. The minimum Gasteiger partial charge on any atom is -0.316 e. The summed E-state index contributed by atoms with van der Waals surface area (Å²) in [6, 6.07) is 0.159. The number of hydrogen-bond acceptors (Lipinski definition) is 3. The molecule has 0 spiro atoms. The van der Waals surface area contributed by atoms with Gasteiger partial charge in [0.1, 0.15) is 0 Å². The van der Waals surface area contributed by atoms with Crippen molar-refractivity contribution in [1.29, 1.82) is 0 Å². The molecule has 1 aliphatic rings. The first-order valence-electron chi connectivity index (χ1n) is 6.36. The minimum absolute atomic E-state index is 0.159. The third-order valence-electron chi connectivity index (χ3n) is 3.35. The molecule has 0 amide bonds. The van der Waals surface area contributed by atoms with Crippen LogP contribution in [0.15, 0.2) is 0 Å². The highest BCUT2D eigenvalue weighted by Gasteiger charge is 2.33. The first-order chi connectivity index (χ1) is 7.47. The van der Waals surface area contributed by atoms with Crippen molar-refractivity contribution in [3.05, 3.63) is 0 Å². The fraction of sp³-hybridized carbons (Fsp3) is 1.00. The van der Waals surface area contributed by atoms with Crippen LogP contribution in [0.25, 0.3) is 0 Å². The van der Waals surface area contributed by atoms with Crippen molar-refractivity contribution in [2.75, 3.05) is 12.8 Å². The van der Waals surface area contributed by atoms with Crippen LogP contribution in [0.5, 0.6) is 0 Å². The highest BCUT2D eigenvalue weighted by atomic mass is 32.2. The van der Waals surface area contributed by atoms with E-state index in [-0.39, 0.29) is 17.2 Å². The Kier molecular flexibility index (Phi) is 5.25.